The van der Waals surface area contributed by atoms with Crippen LogP contribution in [0, 0.1) is 20.8 Å². The van der Waals surface area contributed by atoms with Gasteiger partial charge in [0, 0.05) is 11.1 Å². The van der Waals surface area contributed by atoms with Crippen molar-refractivity contribution >= 4 is 5.78 Å². The third kappa shape index (κ3) is 3.45. The Balaban J connectivity index is 2.41. The predicted octanol–water partition coefficient (Wildman–Crippen LogP) is 4.44. The van der Waals surface area contributed by atoms with Crippen molar-refractivity contribution in [3.8, 4) is 5.75 Å². The van der Waals surface area contributed by atoms with Crippen molar-refractivity contribution < 1.29 is 18.3 Å². The first-order valence-electron chi connectivity index (χ1n) is 6.56. The molecule has 2 rings (SSSR count). The molecule has 0 aliphatic heterocycles. The minimum atomic E-state index is -2.90. The van der Waals surface area contributed by atoms with Gasteiger partial charge < -0.3 is 4.74 Å². The summed E-state index contributed by atoms with van der Waals surface area (Å²) in [7, 11) is 0. The minimum Gasteiger partial charge on any atom is -0.435 e. The molecule has 21 heavy (non-hydrogen) atoms. The highest BCUT2D eigenvalue weighted by atomic mass is 19.3. The van der Waals surface area contributed by atoms with Gasteiger partial charge in [0.15, 0.2) is 5.78 Å². The Kier molecular flexibility index (Phi) is 4.36. The Morgan fingerprint density at radius 2 is 1.67 bits per heavy atom. The van der Waals surface area contributed by atoms with E-state index in [1.807, 2.05) is 32.9 Å². The Morgan fingerprint density at radius 3 is 2.24 bits per heavy atom. The van der Waals surface area contributed by atoms with Crippen LogP contribution < -0.4 is 4.74 Å². The molecule has 0 saturated heterocycles. The largest absolute Gasteiger partial charge is 0.435 e. The van der Waals surface area contributed by atoms with Crippen LogP contribution in [-0.4, -0.2) is 12.4 Å². The Bertz CT molecular complexity index is 655. The molecule has 0 atom stereocenters. The summed E-state index contributed by atoms with van der Waals surface area (Å²) >= 11 is 0. The fourth-order valence-corrected chi connectivity index (χ4v) is 2.50. The van der Waals surface area contributed by atoms with E-state index in [9.17, 15) is 13.6 Å². The van der Waals surface area contributed by atoms with Gasteiger partial charge in [-0.3, -0.25) is 4.79 Å². The van der Waals surface area contributed by atoms with Crippen molar-refractivity contribution in [2.75, 3.05) is 0 Å². The lowest BCUT2D eigenvalue weighted by atomic mass is 9.93. The molecular weight excluding hydrogens is 274 g/mol. The Labute approximate surface area is 122 Å². The van der Waals surface area contributed by atoms with Gasteiger partial charge in [-0.15, -0.1) is 0 Å². The maximum absolute atomic E-state index is 12.6. The van der Waals surface area contributed by atoms with Gasteiger partial charge in [0.05, 0.1) is 0 Å². The lowest BCUT2D eigenvalue weighted by Crippen LogP contribution is -2.08. The van der Waals surface area contributed by atoms with Crippen LogP contribution in [0.25, 0.3) is 0 Å². The second kappa shape index (κ2) is 6.04. The van der Waals surface area contributed by atoms with Crippen LogP contribution in [0.5, 0.6) is 5.75 Å². The summed E-state index contributed by atoms with van der Waals surface area (Å²) in [6.07, 6.45) is 0. The standard InChI is InChI=1S/C17H16F2O2/c1-10-7-11(2)15(12(3)8-10)16(20)13-5-4-6-14(9-13)21-17(18)19/h4-9,17H,1-3H3. The van der Waals surface area contributed by atoms with Gasteiger partial charge in [0.25, 0.3) is 0 Å². The summed E-state index contributed by atoms with van der Waals surface area (Å²) in [5.41, 5.74) is 3.77. The van der Waals surface area contributed by atoms with E-state index in [2.05, 4.69) is 4.74 Å². The number of carbonyl (C=O) groups is 1. The molecule has 0 amide bonds. The summed E-state index contributed by atoms with van der Waals surface area (Å²) in [5.74, 6) is -0.206. The van der Waals surface area contributed by atoms with Crippen molar-refractivity contribution in [3.63, 3.8) is 0 Å². The molecule has 0 fully saturated rings. The second-order valence-electron chi connectivity index (χ2n) is 5.01. The average molecular weight is 290 g/mol. The fraction of sp³-hybridized carbons (Fsp3) is 0.235. The van der Waals surface area contributed by atoms with Gasteiger partial charge in [-0.05, 0) is 44.0 Å². The number of alkyl halides is 2. The molecule has 0 unspecified atom stereocenters. The molecule has 0 aliphatic carbocycles. The van der Waals surface area contributed by atoms with E-state index < -0.39 is 6.61 Å². The highest BCUT2D eigenvalue weighted by Gasteiger charge is 2.16. The van der Waals surface area contributed by atoms with Crippen LogP contribution in [0.1, 0.15) is 32.6 Å². The van der Waals surface area contributed by atoms with Crippen LogP contribution in [0.4, 0.5) is 8.78 Å². The molecule has 0 aliphatic rings. The molecule has 0 heterocycles. The van der Waals surface area contributed by atoms with Gasteiger partial charge >= 0.3 is 6.61 Å². The molecular formula is C17H16F2O2. The Hall–Kier alpha value is -2.23. The van der Waals surface area contributed by atoms with Crippen molar-refractivity contribution in [3.05, 3.63) is 64.2 Å². The van der Waals surface area contributed by atoms with Crippen LogP contribution in [0.2, 0.25) is 0 Å². The summed E-state index contributed by atoms with van der Waals surface area (Å²) in [5, 5.41) is 0. The molecule has 0 saturated carbocycles. The maximum atomic E-state index is 12.6. The number of ether oxygens (including phenoxy) is 1. The number of halogens is 2. The number of hydrogen-bond donors (Lipinski definition) is 0. The van der Waals surface area contributed by atoms with Crippen LogP contribution in [0.3, 0.4) is 0 Å². The monoisotopic (exact) mass is 290 g/mol. The van der Waals surface area contributed by atoms with Gasteiger partial charge in [-0.2, -0.15) is 8.78 Å². The number of benzene rings is 2. The number of hydrogen-bond acceptors (Lipinski definition) is 2. The SMILES string of the molecule is Cc1cc(C)c(C(=O)c2cccc(OC(F)F)c2)c(C)c1. The van der Waals surface area contributed by atoms with Crippen molar-refractivity contribution in [2.24, 2.45) is 0 Å². The van der Waals surface area contributed by atoms with E-state index >= 15 is 0 Å². The van der Waals surface area contributed by atoms with E-state index in [1.165, 1.54) is 18.2 Å². The quantitative estimate of drug-likeness (QED) is 0.778. The van der Waals surface area contributed by atoms with Gasteiger partial charge in [0.2, 0.25) is 0 Å². The summed E-state index contributed by atoms with van der Waals surface area (Å²) < 4.78 is 28.8. The molecule has 2 nitrogen and oxygen atoms in total. The van der Waals surface area contributed by atoms with Crippen LogP contribution >= 0.6 is 0 Å². The molecule has 110 valence electrons. The van der Waals surface area contributed by atoms with Gasteiger partial charge in [-0.1, -0.05) is 29.8 Å². The summed E-state index contributed by atoms with van der Waals surface area (Å²) in [6, 6.07) is 9.73. The predicted molar refractivity (Wildman–Crippen MR) is 77.2 cm³/mol. The van der Waals surface area contributed by atoms with Crippen molar-refractivity contribution in [1.82, 2.24) is 0 Å². The van der Waals surface area contributed by atoms with E-state index in [1.54, 1.807) is 6.07 Å². The lowest BCUT2D eigenvalue weighted by Gasteiger charge is -2.11. The molecule has 0 bridgehead atoms. The van der Waals surface area contributed by atoms with E-state index in [0.29, 0.717) is 11.1 Å². The number of ketones is 1. The average Bonchev–Trinajstić information content (AvgIpc) is 2.36. The van der Waals surface area contributed by atoms with Crippen molar-refractivity contribution in [1.29, 1.82) is 0 Å². The zero-order valence-electron chi connectivity index (χ0n) is 12.1. The molecule has 4 heteroatoms. The lowest BCUT2D eigenvalue weighted by molar-refractivity contribution is -0.0498. The van der Waals surface area contributed by atoms with E-state index in [-0.39, 0.29) is 11.5 Å². The maximum Gasteiger partial charge on any atom is 0.387 e. The summed E-state index contributed by atoms with van der Waals surface area (Å²) in [6.45, 7) is 2.79. The fourth-order valence-electron chi connectivity index (χ4n) is 2.50. The molecule has 0 spiro atoms. The highest BCUT2D eigenvalue weighted by molar-refractivity contribution is 6.11. The first kappa shape index (κ1) is 15.2. The third-order valence-electron chi connectivity index (χ3n) is 3.23. The zero-order chi connectivity index (χ0) is 15.6. The normalized spacial score (nSPS) is 10.8. The van der Waals surface area contributed by atoms with E-state index in [0.717, 1.165) is 16.7 Å². The highest BCUT2D eigenvalue weighted by Crippen LogP contribution is 2.23. The molecule has 2 aromatic carbocycles. The first-order valence-corrected chi connectivity index (χ1v) is 6.56. The zero-order valence-corrected chi connectivity index (χ0v) is 12.1. The number of carbonyl (C=O) groups excluding carboxylic acids is 1. The minimum absolute atomic E-state index is 0.0155. The number of aryl methyl sites for hydroxylation is 3. The van der Waals surface area contributed by atoms with Gasteiger partial charge in [0.1, 0.15) is 5.75 Å². The third-order valence-corrected chi connectivity index (χ3v) is 3.23. The van der Waals surface area contributed by atoms with Gasteiger partial charge in [-0.25, -0.2) is 0 Å². The summed E-state index contributed by atoms with van der Waals surface area (Å²) in [4.78, 5) is 12.6. The first-order chi connectivity index (χ1) is 9.88. The molecule has 0 N–H and O–H groups in total. The van der Waals surface area contributed by atoms with E-state index in [4.69, 9.17) is 0 Å². The smallest absolute Gasteiger partial charge is 0.387 e. The number of rotatable bonds is 4. The molecule has 2 aromatic rings. The Morgan fingerprint density at radius 1 is 1.05 bits per heavy atom. The molecule has 0 radical (unpaired) electrons. The second-order valence-corrected chi connectivity index (χ2v) is 5.01. The van der Waals surface area contributed by atoms with Crippen LogP contribution in [-0.2, 0) is 0 Å². The topological polar surface area (TPSA) is 26.3 Å². The van der Waals surface area contributed by atoms with Crippen molar-refractivity contribution in [2.45, 2.75) is 27.4 Å². The van der Waals surface area contributed by atoms with Crippen LogP contribution in [0.15, 0.2) is 36.4 Å². The molecule has 0 aromatic heterocycles.